The van der Waals surface area contributed by atoms with Crippen molar-refractivity contribution >= 4 is 38.5 Å². The maximum absolute atomic E-state index is 11.7. The van der Waals surface area contributed by atoms with Gasteiger partial charge in [-0.2, -0.15) is 0 Å². The summed E-state index contributed by atoms with van der Waals surface area (Å²) in [5.41, 5.74) is 0.532. The monoisotopic (exact) mass is 382 g/mol. The zero-order valence-electron chi connectivity index (χ0n) is 10.2. The van der Waals surface area contributed by atoms with Crippen molar-refractivity contribution in [3.63, 3.8) is 0 Å². The zero-order chi connectivity index (χ0) is 13.8. The molecule has 0 unspecified atom stereocenters. The van der Waals surface area contributed by atoms with E-state index in [1.54, 1.807) is 18.2 Å². The first-order valence-corrected chi connectivity index (χ1v) is 7.95. The Morgan fingerprint density at radius 2 is 2.06 bits per heavy atom. The summed E-state index contributed by atoms with van der Waals surface area (Å²) >= 11 is 2.12. The highest BCUT2D eigenvalue weighted by atomic mass is 127. The average Bonchev–Trinajstić information content (AvgIpc) is 2.28. The molecule has 100 valence electrons. The predicted molar refractivity (Wildman–Crippen MR) is 79.0 cm³/mol. The van der Waals surface area contributed by atoms with Gasteiger partial charge < -0.3 is 5.32 Å². The van der Waals surface area contributed by atoms with E-state index in [1.807, 2.05) is 6.07 Å². The molecular weight excluding hydrogens is 367 g/mol. The topological polar surface area (TPSA) is 66.5 Å². The first-order chi connectivity index (χ1) is 8.33. The molecule has 1 amide bonds. The molecule has 5 nitrogen and oxygen atoms in total. The molecule has 7 heteroatoms. The van der Waals surface area contributed by atoms with Crippen molar-refractivity contribution in [2.75, 3.05) is 26.4 Å². The largest absolute Gasteiger partial charge is 0.351 e. The fraction of sp³-hybridized carbons (Fsp3) is 0.364. The van der Waals surface area contributed by atoms with Crippen LogP contribution >= 0.6 is 22.6 Å². The van der Waals surface area contributed by atoms with Crippen LogP contribution in [0.15, 0.2) is 24.3 Å². The van der Waals surface area contributed by atoms with Crippen molar-refractivity contribution in [1.82, 2.24) is 9.62 Å². The minimum atomic E-state index is -3.27. The van der Waals surface area contributed by atoms with Crippen molar-refractivity contribution in [2.45, 2.75) is 0 Å². The number of carbonyl (C=O) groups excluding carboxylic acids is 1. The van der Waals surface area contributed by atoms with Crippen LogP contribution in [0.3, 0.4) is 0 Å². The van der Waals surface area contributed by atoms with E-state index in [1.165, 1.54) is 14.1 Å². The van der Waals surface area contributed by atoms with E-state index < -0.39 is 10.0 Å². The summed E-state index contributed by atoms with van der Waals surface area (Å²) in [5, 5.41) is 2.59. The number of carbonyl (C=O) groups is 1. The lowest BCUT2D eigenvalue weighted by Crippen LogP contribution is -2.33. The molecule has 0 spiro atoms. The van der Waals surface area contributed by atoms with Crippen LogP contribution in [0.5, 0.6) is 0 Å². The Balaban J connectivity index is 2.53. The Labute approximate surface area is 121 Å². The maximum atomic E-state index is 11.7. The number of nitrogens with one attached hydrogen (secondary N) is 1. The minimum absolute atomic E-state index is 0.102. The van der Waals surface area contributed by atoms with Gasteiger partial charge in [-0.3, -0.25) is 4.79 Å². The number of rotatable bonds is 5. The van der Waals surface area contributed by atoms with E-state index in [0.29, 0.717) is 5.56 Å². The fourth-order valence-corrected chi connectivity index (χ4v) is 2.48. The highest BCUT2D eigenvalue weighted by Gasteiger charge is 2.14. The van der Waals surface area contributed by atoms with Crippen molar-refractivity contribution in [3.05, 3.63) is 33.4 Å². The molecule has 0 aliphatic carbocycles. The summed E-state index contributed by atoms with van der Waals surface area (Å²) < 4.78 is 25.1. The summed E-state index contributed by atoms with van der Waals surface area (Å²) in [5.74, 6) is -0.363. The number of halogens is 1. The van der Waals surface area contributed by atoms with Gasteiger partial charge in [0.05, 0.1) is 5.75 Å². The molecule has 1 aromatic carbocycles. The second kappa shape index (κ2) is 6.48. The van der Waals surface area contributed by atoms with Gasteiger partial charge in [0.1, 0.15) is 0 Å². The standard InChI is InChI=1S/C11H15IN2O3S/c1-14(2)18(16,17)7-6-13-11(15)9-4-3-5-10(12)8-9/h3-5,8H,6-7H2,1-2H3,(H,13,15). The average molecular weight is 382 g/mol. The molecule has 0 bridgehead atoms. The van der Waals surface area contributed by atoms with Gasteiger partial charge in [0, 0.05) is 29.8 Å². The lowest BCUT2D eigenvalue weighted by molar-refractivity contribution is 0.0956. The molecule has 1 N–H and O–H groups in total. The van der Waals surface area contributed by atoms with Gasteiger partial charge in [0.15, 0.2) is 0 Å². The molecular formula is C11H15IN2O3S. The van der Waals surface area contributed by atoms with Crippen LogP contribution < -0.4 is 5.32 Å². The molecule has 18 heavy (non-hydrogen) atoms. The number of hydrogen-bond acceptors (Lipinski definition) is 3. The Hall–Kier alpha value is -0.670. The van der Waals surface area contributed by atoms with Gasteiger partial charge >= 0.3 is 0 Å². The van der Waals surface area contributed by atoms with Gasteiger partial charge in [-0.15, -0.1) is 0 Å². The maximum Gasteiger partial charge on any atom is 0.251 e. The second-order valence-corrected chi connectivity index (χ2v) is 7.41. The van der Waals surface area contributed by atoms with Gasteiger partial charge in [-0.05, 0) is 40.8 Å². The molecule has 1 aromatic rings. The number of nitrogens with zero attached hydrogens (tertiary/aromatic N) is 1. The van der Waals surface area contributed by atoms with E-state index in [-0.39, 0.29) is 18.2 Å². The Morgan fingerprint density at radius 1 is 1.39 bits per heavy atom. The molecule has 0 fully saturated rings. The van der Waals surface area contributed by atoms with Crippen LogP contribution in [0.1, 0.15) is 10.4 Å². The van der Waals surface area contributed by atoms with Crippen LogP contribution in [-0.4, -0.2) is 45.0 Å². The number of amides is 1. The summed E-state index contributed by atoms with van der Waals surface area (Å²) in [7, 11) is -0.329. The molecule has 0 aliphatic heterocycles. The van der Waals surface area contributed by atoms with Crippen LogP contribution in [0.4, 0.5) is 0 Å². The molecule has 0 aliphatic rings. The van der Waals surface area contributed by atoms with E-state index in [4.69, 9.17) is 0 Å². The molecule has 0 heterocycles. The molecule has 1 rings (SSSR count). The third-order valence-electron chi connectivity index (χ3n) is 2.29. The first kappa shape index (κ1) is 15.4. The molecule has 0 atom stereocenters. The summed E-state index contributed by atoms with van der Waals surface area (Å²) in [6.45, 7) is 0.102. The zero-order valence-corrected chi connectivity index (χ0v) is 13.2. The quantitative estimate of drug-likeness (QED) is 0.771. The Kier molecular flexibility index (Phi) is 5.54. The Bertz CT molecular complexity index is 529. The number of benzene rings is 1. The third kappa shape index (κ3) is 4.54. The van der Waals surface area contributed by atoms with Crippen molar-refractivity contribution in [3.8, 4) is 0 Å². The summed E-state index contributed by atoms with van der Waals surface area (Å²) in [6, 6.07) is 7.11. The van der Waals surface area contributed by atoms with Gasteiger partial charge in [0.25, 0.3) is 5.91 Å². The van der Waals surface area contributed by atoms with Crippen LogP contribution in [0.25, 0.3) is 0 Å². The van der Waals surface area contributed by atoms with E-state index in [9.17, 15) is 13.2 Å². The van der Waals surface area contributed by atoms with Gasteiger partial charge in [0.2, 0.25) is 10.0 Å². The molecule has 0 saturated carbocycles. The summed E-state index contributed by atoms with van der Waals surface area (Å²) in [6.07, 6.45) is 0. The van der Waals surface area contributed by atoms with Crippen LogP contribution in [0, 0.1) is 3.57 Å². The highest BCUT2D eigenvalue weighted by Crippen LogP contribution is 2.07. The molecule has 0 saturated heterocycles. The minimum Gasteiger partial charge on any atom is -0.351 e. The van der Waals surface area contributed by atoms with Crippen molar-refractivity contribution in [2.24, 2.45) is 0 Å². The normalized spacial score (nSPS) is 11.6. The van der Waals surface area contributed by atoms with Crippen LogP contribution in [0.2, 0.25) is 0 Å². The highest BCUT2D eigenvalue weighted by molar-refractivity contribution is 14.1. The number of sulfonamides is 1. The number of hydrogen-bond donors (Lipinski definition) is 1. The lowest BCUT2D eigenvalue weighted by atomic mass is 10.2. The predicted octanol–water partition coefficient (Wildman–Crippen LogP) is 0.912. The first-order valence-electron chi connectivity index (χ1n) is 5.27. The van der Waals surface area contributed by atoms with E-state index >= 15 is 0 Å². The second-order valence-electron chi connectivity index (χ2n) is 3.86. The Morgan fingerprint density at radius 3 is 2.61 bits per heavy atom. The lowest BCUT2D eigenvalue weighted by Gasteiger charge is -2.11. The summed E-state index contributed by atoms with van der Waals surface area (Å²) in [4.78, 5) is 11.7. The smallest absolute Gasteiger partial charge is 0.251 e. The van der Waals surface area contributed by atoms with Gasteiger partial charge in [-0.1, -0.05) is 6.07 Å². The SMILES string of the molecule is CN(C)S(=O)(=O)CCNC(=O)c1cccc(I)c1. The van der Waals surface area contributed by atoms with Crippen molar-refractivity contribution < 1.29 is 13.2 Å². The van der Waals surface area contributed by atoms with E-state index in [0.717, 1.165) is 7.88 Å². The molecule has 0 aromatic heterocycles. The molecule has 0 radical (unpaired) electrons. The van der Waals surface area contributed by atoms with Crippen molar-refractivity contribution in [1.29, 1.82) is 0 Å². The third-order valence-corrected chi connectivity index (χ3v) is 4.79. The van der Waals surface area contributed by atoms with Gasteiger partial charge in [-0.25, -0.2) is 12.7 Å². The van der Waals surface area contributed by atoms with Crippen LogP contribution in [-0.2, 0) is 10.0 Å². The van der Waals surface area contributed by atoms with E-state index in [2.05, 4.69) is 27.9 Å². The fourth-order valence-electron chi connectivity index (χ4n) is 1.21.